The monoisotopic (exact) mass is 398 g/mol. The van der Waals surface area contributed by atoms with E-state index >= 15 is 0 Å². The lowest BCUT2D eigenvalue weighted by Crippen LogP contribution is -2.24. The number of rotatable bonds is 7. The van der Waals surface area contributed by atoms with Crippen molar-refractivity contribution < 1.29 is 26.7 Å². The van der Waals surface area contributed by atoms with E-state index in [1.54, 1.807) is 0 Å². The third-order valence-corrected chi connectivity index (χ3v) is 5.73. The lowest BCUT2D eigenvalue weighted by Gasteiger charge is -2.11. The van der Waals surface area contributed by atoms with Crippen LogP contribution in [0.3, 0.4) is 0 Å². The number of aromatic nitrogens is 1. The lowest BCUT2D eigenvalue weighted by molar-refractivity contribution is 0.350. The van der Waals surface area contributed by atoms with Gasteiger partial charge in [0.15, 0.2) is 11.5 Å². The van der Waals surface area contributed by atoms with Gasteiger partial charge in [-0.2, -0.15) is 0 Å². The van der Waals surface area contributed by atoms with Crippen molar-refractivity contribution in [1.82, 2.24) is 9.71 Å². The van der Waals surface area contributed by atoms with Crippen molar-refractivity contribution in [2.75, 3.05) is 14.2 Å². The van der Waals surface area contributed by atoms with Crippen LogP contribution >= 0.6 is 11.3 Å². The van der Waals surface area contributed by atoms with E-state index in [0.717, 1.165) is 17.0 Å². The maximum atomic E-state index is 14.2. The zero-order valence-corrected chi connectivity index (χ0v) is 15.5. The molecule has 0 saturated heterocycles. The van der Waals surface area contributed by atoms with Gasteiger partial charge in [0.05, 0.1) is 31.3 Å². The zero-order valence-electron chi connectivity index (χ0n) is 13.9. The molecule has 7 nitrogen and oxygen atoms in total. The Balaban J connectivity index is 1.79. The van der Waals surface area contributed by atoms with Crippen molar-refractivity contribution in [3.05, 3.63) is 47.4 Å². The van der Waals surface area contributed by atoms with E-state index in [0.29, 0.717) is 11.6 Å². The molecule has 0 spiro atoms. The molecule has 138 valence electrons. The predicted octanol–water partition coefficient (Wildman–Crippen LogP) is 3.04. The summed E-state index contributed by atoms with van der Waals surface area (Å²) >= 11 is 1.45. The number of sulfonamides is 1. The first kappa shape index (κ1) is 18.4. The smallest absolute Gasteiger partial charge is 0.243 e. The average Bonchev–Trinajstić information content (AvgIpc) is 3.30. The minimum Gasteiger partial charge on any atom is -0.493 e. The Hall–Kier alpha value is -2.43. The Labute approximate surface area is 153 Å². The van der Waals surface area contributed by atoms with Gasteiger partial charge in [0.1, 0.15) is 17.0 Å². The summed E-state index contributed by atoms with van der Waals surface area (Å²) in [5.41, 5.74) is 0.373. The average molecular weight is 398 g/mol. The number of hydrogen-bond donors (Lipinski definition) is 1. The molecule has 1 N–H and O–H groups in total. The van der Waals surface area contributed by atoms with Gasteiger partial charge in [-0.05, 0) is 11.4 Å². The molecule has 0 bridgehead atoms. The fourth-order valence-electron chi connectivity index (χ4n) is 2.19. The van der Waals surface area contributed by atoms with Gasteiger partial charge in [-0.1, -0.05) is 6.07 Å². The molecule has 1 aromatic carbocycles. The molecule has 0 radical (unpaired) electrons. The summed E-state index contributed by atoms with van der Waals surface area (Å²) < 4.78 is 56.6. The molecule has 0 amide bonds. The van der Waals surface area contributed by atoms with Crippen molar-refractivity contribution in [3.63, 3.8) is 0 Å². The molecule has 0 saturated carbocycles. The molecule has 3 rings (SSSR count). The van der Waals surface area contributed by atoms with Gasteiger partial charge in [0.25, 0.3) is 0 Å². The van der Waals surface area contributed by atoms with Gasteiger partial charge in [-0.3, -0.25) is 0 Å². The van der Waals surface area contributed by atoms with E-state index in [1.165, 1.54) is 31.8 Å². The second kappa shape index (κ2) is 7.44. The summed E-state index contributed by atoms with van der Waals surface area (Å²) in [6, 6.07) is 5.71. The third kappa shape index (κ3) is 3.71. The van der Waals surface area contributed by atoms with Gasteiger partial charge in [-0.25, -0.2) is 22.5 Å². The van der Waals surface area contributed by atoms with Gasteiger partial charge in [-0.15, -0.1) is 11.3 Å². The number of hydrogen-bond acceptors (Lipinski definition) is 7. The van der Waals surface area contributed by atoms with Crippen LogP contribution in [0.2, 0.25) is 0 Å². The van der Waals surface area contributed by atoms with Crippen LogP contribution in [0.4, 0.5) is 4.39 Å². The summed E-state index contributed by atoms with van der Waals surface area (Å²) in [6.07, 6.45) is 1.35. The van der Waals surface area contributed by atoms with Gasteiger partial charge in [0, 0.05) is 12.1 Å². The molecule has 0 atom stereocenters. The molecule has 0 aliphatic rings. The second-order valence-corrected chi connectivity index (χ2v) is 7.77. The van der Waals surface area contributed by atoms with E-state index in [1.807, 2.05) is 17.5 Å². The van der Waals surface area contributed by atoms with Crippen molar-refractivity contribution in [2.24, 2.45) is 0 Å². The number of nitrogens with one attached hydrogen (secondary N) is 1. The summed E-state index contributed by atoms with van der Waals surface area (Å²) in [5.74, 6) is -0.349. The highest BCUT2D eigenvalue weighted by molar-refractivity contribution is 7.89. The van der Waals surface area contributed by atoms with Gasteiger partial charge < -0.3 is 13.9 Å². The Kier molecular flexibility index (Phi) is 5.25. The minimum absolute atomic E-state index is 0.0982. The SMILES string of the molecule is COc1cc(F)c(S(=O)(=O)NCc2coc(-c3cccs3)n2)cc1OC. The van der Waals surface area contributed by atoms with Crippen LogP contribution in [-0.4, -0.2) is 27.6 Å². The first-order chi connectivity index (χ1) is 12.4. The summed E-state index contributed by atoms with van der Waals surface area (Å²) in [7, 11) is -1.46. The zero-order chi connectivity index (χ0) is 18.7. The van der Waals surface area contributed by atoms with Crippen LogP contribution in [0.15, 0.2) is 45.2 Å². The van der Waals surface area contributed by atoms with Crippen molar-refractivity contribution in [1.29, 1.82) is 0 Å². The lowest BCUT2D eigenvalue weighted by atomic mass is 10.3. The first-order valence-electron chi connectivity index (χ1n) is 7.34. The molecule has 0 aliphatic carbocycles. The number of nitrogens with zero attached hydrogens (tertiary/aromatic N) is 1. The fourth-order valence-corrected chi connectivity index (χ4v) is 3.92. The molecule has 3 aromatic rings. The molecule has 26 heavy (non-hydrogen) atoms. The molecule has 0 aliphatic heterocycles. The Morgan fingerprint density at radius 2 is 2.00 bits per heavy atom. The van der Waals surface area contributed by atoms with E-state index in [4.69, 9.17) is 13.9 Å². The third-order valence-electron chi connectivity index (χ3n) is 3.45. The molecule has 0 fully saturated rings. The van der Waals surface area contributed by atoms with Crippen LogP contribution in [-0.2, 0) is 16.6 Å². The van der Waals surface area contributed by atoms with Crippen LogP contribution in [0, 0.1) is 5.82 Å². The summed E-state index contributed by atoms with van der Waals surface area (Å²) in [5, 5.41) is 1.88. The summed E-state index contributed by atoms with van der Waals surface area (Å²) in [6.45, 7) is -0.148. The molecule has 2 heterocycles. The highest BCUT2D eigenvalue weighted by atomic mass is 32.2. The largest absolute Gasteiger partial charge is 0.493 e. The first-order valence-corrected chi connectivity index (χ1v) is 9.70. The van der Waals surface area contributed by atoms with Crippen LogP contribution in [0.5, 0.6) is 11.5 Å². The van der Waals surface area contributed by atoms with Crippen LogP contribution in [0.1, 0.15) is 5.69 Å². The molecular formula is C16H15FN2O5S2. The molecule has 0 unspecified atom stereocenters. The number of oxazole rings is 1. The number of methoxy groups -OCH3 is 2. The maximum absolute atomic E-state index is 14.2. The number of halogens is 1. The molecule has 10 heteroatoms. The predicted molar refractivity (Wildman–Crippen MR) is 93.3 cm³/mol. The second-order valence-electron chi connectivity index (χ2n) is 5.08. The van der Waals surface area contributed by atoms with Gasteiger partial charge >= 0.3 is 0 Å². The van der Waals surface area contributed by atoms with Crippen LogP contribution < -0.4 is 14.2 Å². The molecular weight excluding hydrogens is 383 g/mol. The van der Waals surface area contributed by atoms with E-state index in [9.17, 15) is 12.8 Å². The van der Waals surface area contributed by atoms with E-state index in [-0.39, 0.29) is 18.0 Å². The van der Waals surface area contributed by atoms with Crippen molar-refractivity contribution in [3.8, 4) is 22.3 Å². The van der Waals surface area contributed by atoms with Crippen LogP contribution in [0.25, 0.3) is 10.8 Å². The maximum Gasteiger partial charge on any atom is 0.243 e. The topological polar surface area (TPSA) is 90.7 Å². The normalized spacial score (nSPS) is 11.5. The highest BCUT2D eigenvalue weighted by Crippen LogP contribution is 2.32. The van der Waals surface area contributed by atoms with E-state index in [2.05, 4.69) is 9.71 Å². The standard InChI is InChI=1S/C16H15FN2O5S2/c1-22-12-6-11(17)15(7-13(12)23-2)26(20,21)18-8-10-9-24-16(19-10)14-4-3-5-25-14/h3-7,9,18H,8H2,1-2H3. The quantitative estimate of drug-likeness (QED) is 0.658. The van der Waals surface area contributed by atoms with Crippen molar-refractivity contribution in [2.45, 2.75) is 11.4 Å². The van der Waals surface area contributed by atoms with E-state index < -0.39 is 20.7 Å². The number of thiophene rings is 1. The fraction of sp³-hybridized carbons (Fsp3) is 0.188. The summed E-state index contributed by atoms with van der Waals surface area (Å²) in [4.78, 5) is 4.49. The number of benzene rings is 1. The Bertz CT molecular complexity index is 1000. The Morgan fingerprint density at radius 1 is 1.27 bits per heavy atom. The minimum atomic E-state index is -4.13. The number of ether oxygens (including phenoxy) is 2. The highest BCUT2D eigenvalue weighted by Gasteiger charge is 2.23. The molecule has 2 aromatic heterocycles. The van der Waals surface area contributed by atoms with Crippen molar-refractivity contribution >= 4 is 21.4 Å². The van der Waals surface area contributed by atoms with Gasteiger partial charge in [0.2, 0.25) is 15.9 Å². The Morgan fingerprint density at radius 3 is 2.65 bits per heavy atom.